The maximum atomic E-state index is 12.7. The molecule has 2 aromatic rings. The average molecular weight is 409 g/mol. The van der Waals surface area contributed by atoms with E-state index in [1.807, 2.05) is 26.0 Å². The molecule has 0 saturated carbocycles. The van der Waals surface area contributed by atoms with Gasteiger partial charge in [0.2, 0.25) is 0 Å². The molecule has 0 aromatic heterocycles. The summed E-state index contributed by atoms with van der Waals surface area (Å²) in [6.45, 7) is 5.12. The summed E-state index contributed by atoms with van der Waals surface area (Å²) in [6.07, 6.45) is 1.58. The van der Waals surface area contributed by atoms with E-state index in [1.54, 1.807) is 30.2 Å². The van der Waals surface area contributed by atoms with Crippen LogP contribution in [0.1, 0.15) is 40.7 Å². The van der Waals surface area contributed by atoms with Gasteiger partial charge in [-0.05, 0) is 55.3 Å². The van der Waals surface area contributed by atoms with Crippen molar-refractivity contribution in [2.45, 2.75) is 38.7 Å². The molecule has 2 aliphatic heterocycles. The lowest BCUT2D eigenvalue weighted by Gasteiger charge is -2.43. The van der Waals surface area contributed by atoms with Crippen molar-refractivity contribution in [3.8, 4) is 17.2 Å². The predicted octanol–water partition coefficient (Wildman–Crippen LogP) is 3.72. The largest absolute Gasteiger partial charge is 0.497 e. The van der Waals surface area contributed by atoms with Crippen LogP contribution in [-0.2, 0) is 4.79 Å². The molecule has 6 nitrogen and oxygen atoms in total. The minimum absolute atomic E-state index is 0.0122. The number of likely N-dealkylation sites (tertiary alicyclic amines) is 1. The highest BCUT2D eigenvalue weighted by Crippen LogP contribution is 2.40. The lowest BCUT2D eigenvalue weighted by molar-refractivity contribution is -0.136. The fourth-order valence-corrected chi connectivity index (χ4v) is 4.30. The molecule has 158 valence electrons. The summed E-state index contributed by atoms with van der Waals surface area (Å²) in [7, 11) is 1.58. The van der Waals surface area contributed by atoms with E-state index in [1.165, 1.54) is 0 Å². The van der Waals surface area contributed by atoms with Gasteiger partial charge in [-0.15, -0.1) is 0 Å². The Balaban J connectivity index is 1.36. The molecule has 2 aliphatic rings. The van der Waals surface area contributed by atoms with Crippen LogP contribution in [0.15, 0.2) is 36.4 Å². The van der Waals surface area contributed by atoms with E-state index in [0.717, 1.165) is 11.1 Å². The van der Waals surface area contributed by atoms with E-state index in [0.29, 0.717) is 55.2 Å². The molecule has 2 aromatic carbocycles. The molecular weight excluding hydrogens is 382 g/mol. The van der Waals surface area contributed by atoms with Crippen LogP contribution < -0.4 is 14.2 Å². The quantitative estimate of drug-likeness (QED) is 0.770. The Morgan fingerprint density at radius 2 is 1.77 bits per heavy atom. The molecule has 0 unspecified atom stereocenters. The highest BCUT2D eigenvalue weighted by Gasteiger charge is 2.43. The predicted molar refractivity (Wildman–Crippen MR) is 113 cm³/mol. The van der Waals surface area contributed by atoms with Crippen molar-refractivity contribution in [2.24, 2.45) is 0 Å². The topological polar surface area (TPSA) is 65.1 Å². The van der Waals surface area contributed by atoms with E-state index >= 15 is 0 Å². The van der Waals surface area contributed by atoms with E-state index in [9.17, 15) is 9.59 Å². The average Bonchev–Trinajstić information content (AvgIpc) is 2.72. The zero-order chi connectivity index (χ0) is 21.3. The number of hydrogen-bond acceptors (Lipinski definition) is 5. The van der Waals surface area contributed by atoms with Crippen LogP contribution in [0.25, 0.3) is 0 Å². The Morgan fingerprint density at radius 3 is 2.43 bits per heavy atom. The minimum atomic E-state index is -0.538. The van der Waals surface area contributed by atoms with Crippen LogP contribution in [-0.4, -0.2) is 49.0 Å². The SMILES string of the molecule is COc1ccc2c(c1)C(=O)CC1(CCN(C(=O)COc3cc(C)cc(C)c3)CC1)O2. The molecule has 0 bridgehead atoms. The Labute approximate surface area is 176 Å². The molecule has 0 radical (unpaired) electrons. The number of ether oxygens (including phenoxy) is 3. The van der Waals surface area contributed by atoms with Gasteiger partial charge in [-0.25, -0.2) is 0 Å². The van der Waals surface area contributed by atoms with Crippen LogP contribution in [0, 0.1) is 13.8 Å². The molecule has 30 heavy (non-hydrogen) atoms. The van der Waals surface area contributed by atoms with Crippen molar-refractivity contribution in [3.05, 3.63) is 53.1 Å². The van der Waals surface area contributed by atoms with E-state index in [2.05, 4.69) is 6.07 Å². The number of fused-ring (bicyclic) bond motifs is 1. The van der Waals surface area contributed by atoms with Gasteiger partial charge in [0.05, 0.1) is 19.1 Å². The number of ketones is 1. The standard InChI is InChI=1S/C24H27NO5/c1-16-10-17(2)12-19(11-16)29-15-23(27)25-8-6-24(7-9-25)14-21(26)20-13-18(28-3)4-5-22(20)30-24/h4-5,10-13H,6-9,14-15H2,1-3H3. The van der Waals surface area contributed by atoms with Gasteiger partial charge < -0.3 is 19.1 Å². The molecule has 1 fully saturated rings. The zero-order valence-electron chi connectivity index (χ0n) is 17.7. The number of carbonyl (C=O) groups is 2. The molecule has 1 saturated heterocycles. The van der Waals surface area contributed by atoms with Crippen LogP contribution in [0.4, 0.5) is 0 Å². The number of amides is 1. The first-order valence-electron chi connectivity index (χ1n) is 10.3. The van der Waals surface area contributed by atoms with Gasteiger partial charge in [0.15, 0.2) is 12.4 Å². The summed E-state index contributed by atoms with van der Waals surface area (Å²) in [5, 5.41) is 0. The lowest BCUT2D eigenvalue weighted by Crippen LogP contribution is -2.53. The number of rotatable bonds is 4. The summed E-state index contributed by atoms with van der Waals surface area (Å²) >= 11 is 0. The van der Waals surface area contributed by atoms with Gasteiger partial charge >= 0.3 is 0 Å². The van der Waals surface area contributed by atoms with Crippen molar-refractivity contribution >= 4 is 11.7 Å². The molecule has 0 N–H and O–H groups in total. The third kappa shape index (κ3) is 4.13. The summed E-state index contributed by atoms with van der Waals surface area (Å²) in [5.74, 6) is 1.97. The van der Waals surface area contributed by atoms with Gasteiger partial charge in [-0.1, -0.05) is 6.07 Å². The Morgan fingerprint density at radius 1 is 1.07 bits per heavy atom. The summed E-state index contributed by atoms with van der Waals surface area (Å²) in [4.78, 5) is 27.1. The normalized spacial score (nSPS) is 17.3. The lowest BCUT2D eigenvalue weighted by atomic mass is 9.82. The van der Waals surface area contributed by atoms with Crippen molar-refractivity contribution < 1.29 is 23.8 Å². The minimum Gasteiger partial charge on any atom is -0.497 e. The highest BCUT2D eigenvalue weighted by molar-refractivity contribution is 6.00. The van der Waals surface area contributed by atoms with Crippen LogP contribution in [0.5, 0.6) is 17.2 Å². The smallest absolute Gasteiger partial charge is 0.260 e. The van der Waals surface area contributed by atoms with Gasteiger partial charge in [0, 0.05) is 25.9 Å². The second-order valence-corrected chi connectivity index (χ2v) is 8.24. The fourth-order valence-electron chi connectivity index (χ4n) is 4.30. The second-order valence-electron chi connectivity index (χ2n) is 8.24. The third-order valence-electron chi connectivity index (χ3n) is 5.88. The first-order valence-corrected chi connectivity index (χ1v) is 10.3. The Bertz CT molecular complexity index is 955. The van der Waals surface area contributed by atoms with Crippen LogP contribution in [0.2, 0.25) is 0 Å². The maximum absolute atomic E-state index is 12.7. The van der Waals surface area contributed by atoms with E-state index < -0.39 is 5.60 Å². The van der Waals surface area contributed by atoms with Gasteiger partial charge in [-0.3, -0.25) is 9.59 Å². The van der Waals surface area contributed by atoms with E-state index in [-0.39, 0.29) is 18.3 Å². The van der Waals surface area contributed by atoms with Crippen molar-refractivity contribution in [1.82, 2.24) is 4.90 Å². The third-order valence-corrected chi connectivity index (χ3v) is 5.88. The zero-order valence-corrected chi connectivity index (χ0v) is 17.7. The maximum Gasteiger partial charge on any atom is 0.260 e. The molecule has 1 amide bonds. The van der Waals surface area contributed by atoms with E-state index in [4.69, 9.17) is 14.2 Å². The van der Waals surface area contributed by atoms with Gasteiger partial charge in [0.1, 0.15) is 22.8 Å². The molecule has 4 rings (SSSR count). The number of aryl methyl sites for hydroxylation is 2. The summed E-state index contributed by atoms with van der Waals surface area (Å²) in [6, 6.07) is 11.3. The van der Waals surface area contributed by atoms with Crippen LogP contribution >= 0.6 is 0 Å². The number of piperidine rings is 1. The number of hydrogen-bond donors (Lipinski definition) is 0. The number of methoxy groups -OCH3 is 1. The summed E-state index contributed by atoms with van der Waals surface area (Å²) < 4.78 is 17.2. The highest BCUT2D eigenvalue weighted by atomic mass is 16.5. The number of carbonyl (C=O) groups excluding carboxylic acids is 2. The molecule has 0 aliphatic carbocycles. The molecule has 6 heteroatoms. The van der Waals surface area contributed by atoms with Gasteiger partial charge in [0.25, 0.3) is 5.91 Å². The number of nitrogens with zero attached hydrogens (tertiary/aromatic N) is 1. The monoisotopic (exact) mass is 409 g/mol. The first-order chi connectivity index (χ1) is 14.4. The van der Waals surface area contributed by atoms with Crippen LogP contribution in [0.3, 0.4) is 0 Å². The summed E-state index contributed by atoms with van der Waals surface area (Å²) in [5.41, 5.74) is 2.24. The van der Waals surface area contributed by atoms with Crippen molar-refractivity contribution in [3.63, 3.8) is 0 Å². The van der Waals surface area contributed by atoms with Gasteiger partial charge in [-0.2, -0.15) is 0 Å². The fraction of sp³-hybridized carbons (Fsp3) is 0.417. The first kappa shape index (κ1) is 20.3. The Hall–Kier alpha value is -3.02. The Kier molecular flexibility index (Phi) is 5.41. The molecule has 1 spiro atoms. The molecule has 2 heterocycles. The molecular formula is C24H27NO5. The number of Topliss-reactive ketones (excluding diaryl/α,β-unsaturated/α-hetero) is 1. The van der Waals surface area contributed by atoms with Crippen molar-refractivity contribution in [2.75, 3.05) is 26.8 Å². The number of benzene rings is 2. The van der Waals surface area contributed by atoms with Crippen molar-refractivity contribution in [1.29, 1.82) is 0 Å². The molecule has 0 atom stereocenters. The second kappa shape index (κ2) is 8.01.